The SMILES string of the molecule is CC(C)(CNCC1(CO)COC1)c1ccc(Br)s1. The van der Waals surface area contributed by atoms with Crippen LogP contribution in [0, 0.1) is 5.41 Å². The molecule has 0 radical (unpaired) electrons. The molecule has 0 aliphatic carbocycles. The van der Waals surface area contributed by atoms with E-state index in [0.29, 0.717) is 13.2 Å². The number of thiophene rings is 1. The fourth-order valence-corrected chi connectivity index (χ4v) is 3.53. The highest BCUT2D eigenvalue weighted by Gasteiger charge is 2.38. The number of halogens is 1. The first-order valence-electron chi connectivity index (χ1n) is 6.13. The lowest BCUT2D eigenvalue weighted by Gasteiger charge is -2.40. The highest BCUT2D eigenvalue weighted by molar-refractivity contribution is 9.11. The van der Waals surface area contributed by atoms with E-state index >= 15 is 0 Å². The van der Waals surface area contributed by atoms with Crippen molar-refractivity contribution in [3.05, 3.63) is 20.8 Å². The Bertz CT molecular complexity index is 396. The van der Waals surface area contributed by atoms with E-state index in [1.54, 1.807) is 11.3 Å². The maximum absolute atomic E-state index is 9.36. The number of hydrogen-bond acceptors (Lipinski definition) is 4. The van der Waals surface area contributed by atoms with Crippen molar-refractivity contribution in [1.29, 1.82) is 0 Å². The van der Waals surface area contributed by atoms with Crippen LogP contribution in [0.15, 0.2) is 15.9 Å². The molecule has 0 saturated carbocycles. The Morgan fingerprint density at radius 1 is 1.50 bits per heavy atom. The van der Waals surface area contributed by atoms with Gasteiger partial charge in [-0.15, -0.1) is 11.3 Å². The highest BCUT2D eigenvalue weighted by atomic mass is 79.9. The van der Waals surface area contributed by atoms with Crippen molar-refractivity contribution >= 4 is 27.3 Å². The first-order chi connectivity index (χ1) is 8.47. The van der Waals surface area contributed by atoms with E-state index in [9.17, 15) is 5.11 Å². The minimum Gasteiger partial charge on any atom is -0.396 e. The molecule has 2 rings (SSSR count). The Morgan fingerprint density at radius 2 is 2.22 bits per heavy atom. The second-order valence-electron chi connectivity index (χ2n) is 5.74. The van der Waals surface area contributed by atoms with Crippen molar-refractivity contribution in [2.45, 2.75) is 19.3 Å². The molecule has 0 unspecified atom stereocenters. The number of aliphatic hydroxyl groups is 1. The minimum absolute atomic E-state index is 0.0495. The maximum Gasteiger partial charge on any atom is 0.0701 e. The predicted octanol–water partition coefficient (Wildman–Crippen LogP) is 2.39. The van der Waals surface area contributed by atoms with E-state index in [-0.39, 0.29) is 17.4 Å². The average Bonchev–Trinajstić information content (AvgIpc) is 2.70. The van der Waals surface area contributed by atoms with E-state index in [0.717, 1.165) is 13.1 Å². The molecule has 0 bridgehead atoms. The van der Waals surface area contributed by atoms with Crippen molar-refractivity contribution < 1.29 is 9.84 Å². The molecule has 1 fully saturated rings. The number of nitrogens with one attached hydrogen (secondary N) is 1. The molecule has 18 heavy (non-hydrogen) atoms. The minimum atomic E-state index is -0.0495. The molecule has 102 valence electrons. The Hall–Kier alpha value is 0.0600. The smallest absolute Gasteiger partial charge is 0.0701 e. The lowest BCUT2D eigenvalue weighted by atomic mass is 9.86. The van der Waals surface area contributed by atoms with Gasteiger partial charge >= 0.3 is 0 Å². The summed E-state index contributed by atoms with van der Waals surface area (Å²) in [5.74, 6) is 0. The molecule has 2 heterocycles. The van der Waals surface area contributed by atoms with Crippen molar-refractivity contribution in [2.24, 2.45) is 5.41 Å². The fourth-order valence-electron chi connectivity index (χ4n) is 2.05. The summed E-state index contributed by atoms with van der Waals surface area (Å²) in [6.07, 6.45) is 0. The van der Waals surface area contributed by atoms with Gasteiger partial charge in [-0.1, -0.05) is 13.8 Å². The summed E-state index contributed by atoms with van der Waals surface area (Å²) in [6.45, 7) is 7.73. The van der Waals surface area contributed by atoms with Crippen LogP contribution in [-0.2, 0) is 10.2 Å². The van der Waals surface area contributed by atoms with Crippen LogP contribution >= 0.6 is 27.3 Å². The first kappa shape index (κ1) is 14.5. The largest absolute Gasteiger partial charge is 0.396 e. The third-order valence-electron chi connectivity index (χ3n) is 3.46. The number of ether oxygens (including phenoxy) is 1. The van der Waals surface area contributed by atoms with Gasteiger partial charge in [0.2, 0.25) is 0 Å². The summed E-state index contributed by atoms with van der Waals surface area (Å²) in [7, 11) is 0. The van der Waals surface area contributed by atoms with E-state index in [4.69, 9.17) is 4.74 Å². The van der Waals surface area contributed by atoms with Gasteiger partial charge in [0.25, 0.3) is 0 Å². The Morgan fingerprint density at radius 3 is 2.67 bits per heavy atom. The quantitative estimate of drug-likeness (QED) is 0.839. The lowest BCUT2D eigenvalue weighted by Crippen LogP contribution is -2.53. The molecular formula is C13H20BrNO2S. The highest BCUT2D eigenvalue weighted by Crippen LogP contribution is 2.32. The third kappa shape index (κ3) is 3.14. The molecule has 1 aromatic rings. The monoisotopic (exact) mass is 333 g/mol. The summed E-state index contributed by atoms with van der Waals surface area (Å²) in [5.41, 5.74) is 0.0596. The zero-order chi connectivity index (χ0) is 13.2. The van der Waals surface area contributed by atoms with Crippen LogP contribution < -0.4 is 5.32 Å². The van der Waals surface area contributed by atoms with Gasteiger partial charge in [0.05, 0.1) is 29.0 Å². The molecule has 2 N–H and O–H groups in total. The van der Waals surface area contributed by atoms with Crippen LogP contribution in [0.4, 0.5) is 0 Å². The van der Waals surface area contributed by atoms with Crippen LogP contribution in [0.5, 0.6) is 0 Å². The average molecular weight is 334 g/mol. The van der Waals surface area contributed by atoms with Gasteiger partial charge in [-0.3, -0.25) is 0 Å². The van der Waals surface area contributed by atoms with Crippen molar-refractivity contribution in [3.63, 3.8) is 0 Å². The maximum atomic E-state index is 9.36. The van der Waals surface area contributed by atoms with Gasteiger partial charge in [-0.05, 0) is 28.1 Å². The Balaban J connectivity index is 1.85. The van der Waals surface area contributed by atoms with E-state index in [1.165, 1.54) is 8.66 Å². The van der Waals surface area contributed by atoms with Gasteiger partial charge in [-0.2, -0.15) is 0 Å². The summed E-state index contributed by atoms with van der Waals surface area (Å²) in [5, 5.41) is 12.8. The van der Waals surface area contributed by atoms with Gasteiger partial charge in [0.1, 0.15) is 0 Å². The Kier molecular flexibility index (Phi) is 4.49. The zero-order valence-corrected chi connectivity index (χ0v) is 13.2. The topological polar surface area (TPSA) is 41.5 Å². The number of aliphatic hydroxyl groups excluding tert-OH is 1. The van der Waals surface area contributed by atoms with Crippen LogP contribution in [0.2, 0.25) is 0 Å². The van der Waals surface area contributed by atoms with E-state index in [1.807, 2.05) is 0 Å². The first-order valence-corrected chi connectivity index (χ1v) is 7.74. The van der Waals surface area contributed by atoms with Gasteiger partial charge < -0.3 is 15.2 Å². The normalized spacial score (nSPS) is 18.7. The molecule has 0 spiro atoms. The zero-order valence-electron chi connectivity index (χ0n) is 10.8. The predicted molar refractivity (Wildman–Crippen MR) is 78.3 cm³/mol. The van der Waals surface area contributed by atoms with Crippen LogP contribution in [0.1, 0.15) is 18.7 Å². The summed E-state index contributed by atoms with van der Waals surface area (Å²) in [6, 6.07) is 4.27. The van der Waals surface area contributed by atoms with E-state index in [2.05, 4.69) is 47.2 Å². The van der Waals surface area contributed by atoms with Crippen LogP contribution in [-0.4, -0.2) is 38.0 Å². The second kappa shape index (κ2) is 5.59. The third-order valence-corrected chi connectivity index (χ3v) is 5.45. The van der Waals surface area contributed by atoms with Crippen LogP contribution in [0.3, 0.4) is 0 Å². The Labute approximate surface area is 121 Å². The molecule has 5 heteroatoms. The molecule has 0 aromatic carbocycles. The molecule has 1 saturated heterocycles. The molecule has 0 amide bonds. The molecule has 1 aliphatic rings. The van der Waals surface area contributed by atoms with E-state index < -0.39 is 0 Å². The summed E-state index contributed by atoms with van der Waals surface area (Å²) < 4.78 is 6.37. The van der Waals surface area contributed by atoms with Gasteiger partial charge in [-0.25, -0.2) is 0 Å². The summed E-state index contributed by atoms with van der Waals surface area (Å²) >= 11 is 5.29. The van der Waals surface area contributed by atoms with Gasteiger partial charge in [0, 0.05) is 23.4 Å². The van der Waals surface area contributed by atoms with Gasteiger partial charge in [0.15, 0.2) is 0 Å². The molecule has 3 nitrogen and oxygen atoms in total. The summed E-state index contributed by atoms with van der Waals surface area (Å²) in [4.78, 5) is 1.37. The van der Waals surface area contributed by atoms with Crippen molar-refractivity contribution in [2.75, 3.05) is 32.9 Å². The fraction of sp³-hybridized carbons (Fsp3) is 0.692. The molecule has 1 aromatic heterocycles. The molecular weight excluding hydrogens is 314 g/mol. The second-order valence-corrected chi connectivity index (χ2v) is 8.21. The number of hydrogen-bond donors (Lipinski definition) is 2. The standard InChI is InChI=1S/C13H20BrNO2S/c1-12(2,10-3-4-11(14)18-10)5-15-6-13(7-16)8-17-9-13/h3-4,15-16H,5-9H2,1-2H3. The molecule has 1 aliphatic heterocycles. The van der Waals surface area contributed by atoms with Crippen LogP contribution in [0.25, 0.3) is 0 Å². The number of rotatable bonds is 6. The van der Waals surface area contributed by atoms with Crippen molar-refractivity contribution in [1.82, 2.24) is 5.32 Å². The lowest BCUT2D eigenvalue weighted by molar-refractivity contribution is -0.134. The molecule has 0 atom stereocenters. The van der Waals surface area contributed by atoms with Crippen molar-refractivity contribution in [3.8, 4) is 0 Å².